The highest BCUT2D eigenvalue weighted by Crippen LogP contribution is 2.26. The van der Waals surface area contributed by atoms with E-state index in [-0.39, 0.29) is 5.78 Å². The van der Waals surface area contributed by atoms with Gasteiger partial charge >= 0.3 is 0 Å². The van der Waals surface area contributed by atoms with Gasteiger partial charge in [0.05, 0.1) is 6.61 Å². The molecule has 1 rings (SSSR count). The van der Waals surface area contributed by atoms with Gasteiger partial charge in [-0.2, -0.15) is 0 Å². The molecular formula is C16H22O3. The van der Waals surface area contributed by atoms with Gasteiger partial charge < -0.3 is 9.47 Å². The zero-order valence-corrected chi connectivity index (χ0v) is 11.9. The fourth-order valence-electron chi connectivity index (χ4n) is 1.79. The Morgan fingerprint density at radius 3 is 2.74 bits per heavy atom. The maximum Gasteiger partial charge on any atom is 0.172 e. The van der Waals surface area contributed by atoms with Crippen LogP contribution < -0.4 is 9.47 Å². The van der Waals surface area contributed by atoms with E-state index in [0.29, 0.717) is 19.4 Å². The Bertz CT molecular complexity index is 438. The number of ether oxygens (including phenoxy) is 2. The van der Waals surface area contributed by atoms with E-state index < -0.39 is 6.10 Å². The molecule has 104 valence electrons. The summed E-state index contributed by atoms with van der Waals surface area (Å²) >= 11 is 0. The summed E-state index contributed by atoms with van der Waals surface area (Å²) in [6.07, 6.45) is 2.55. The molecule has 1 aromatic carbocycles. The number of carbonyl (C=O) groups is 1. The van der Waals surface area contributed by atoms with E-state index in [1.54, 1.807) is 6.92 Å². The van der Waals surface area contributed by atoms with Crippen LogP contribution in [0, 0.1) is 0 Å². The Morgan fingerprint density at radius 1 is 1.42 bits per heavy atom. The molecule has 0 aliphatic rings. The molecule has 0 aliphatic carbocycles. The van der Waals surface area contributed by atoms with Crippen molar-refractivity contribution in [3.63, 3.8) is 0 Å². The summed E-state index contributed by atoms with van der Waals surface area (Å²) in [5, 5.41) is 0. The maximum absolute atomic E-state index is 11.6. The molecule has 0 saturated heterocycles. The van der Waals surface area contributed by atoms with Crippen LogP contribution in [0.2, 0.25) is 0 Å². The van der Waals surface area contributed by atoms with Crippen LogP contribution in [0.1, 0.15) is 32.8 Å². The number of benzene rings is 1. The molecule has 0 saturated carbocycles. The van der Waals surface area contributed by atoms with Crippen LogP contribution in [0.4, 0.5) is 0 Å². The average molecular weight is 262 g/mol. The first-order chi connectivity index (χ1) is 9.12. The second-order valence-corrected chi connectivity index (χ2v) is 4.28. The predicted molar refractivity (Wildman–Crippen MR) is 76.9 cm³/mol. The number of hydrogen-bond donors (Lipinski definition) is 0. The van der Waals surface area contributed by atoms with Crippen LogP contribution in [0.5, 0.6) is 11.5 Å². The number of hydrogen-bond acceptors (Lipinski definition) is 3. The summed E-state index contributed by atoms with van der Waals surface area (Å²) in [4.78, 5) is 11.6. The fraction of sp³-hybridized carbons (Fsp3) is 0.438. The highest BCUT2D eigenvalue weighted by Gasteiger charge is 2.14. The number of carbonyl (C=O) groups excluding carboxylic acids is 1. The largest absolute Gasteiger partial charge is 0.494 e. The van der Waals surface area contributed by atoms with Crippen molar-refractivity contribution in [1.82, 2.24) is 0 Å². The summed E-state index contributed by atoms with van der Waals surface area (Å²) in [7, 11) is 0. The van der Waals surface area contributed by atoms with Gasteiger partial charge in [-0.25, -0.2) is 0 Å². The predicted octanol–water partition coefficient (Wildman–Crippen LogP) is 3.56. The molecule has 0 heterocycles. The molecule has 0 aromatic heterocycles. The normalized spacial score (nSPS) is 11.7. The Labute approximate surface area is 115 Å². The number of Topliss-reactive ketones (excluding diaryl/α,β-unsaturated/α-hetero) is 1. The van der Waals surface area contributed by atoms with E-state index in [1.807, 2.05) is 38.1 Å². The van der Waals surface area contributed by atoms with Crippen LogP contribution in [0.3, 0.4) is 0 Å². The molecule has 0 spiro atoms. The van der Waals surface area contributed by atoms with E-state index >= 15 is 0 Å². The van der Waals surface area contributed by atoms with Crippen LogP contribution in [-0.4, -0.2) is 18.5 Å². The minimum absolute atomic E-state index is 0.0958. The Kier molecular flexibility index (Phi) is 6.13. The van der Waals surface area contributed by atoms with E-state index in [2.05, 4.69) is 6.58 Å². The van der Waals surface area contributed by atoms with Crippen LogP contribution in [0.25, 0.3) is 0 Å². The van der Waals surface area contributed by atoms with E-state index in [1.165, 1.54) is 0 Å². The number of allylic oxidation sites excluding steroid dienone is 1. The summed E-state index contributed by atoms with van der Waals surface area (Å²) in [6.45, 7) is 9.92. The van der Waals surface area contributed by atoms with Crippen molar-refractivity contribution in [3.8, 4) is 11.5 Å². The van der Waals surface area contributed by atoms with E-state index in [4.69, 9.17) is 9.47 Å². The molecule has 1 atom stereocenters. The molecule has 0 bridgehead atoms. The maximum atomic E-state index is 11.6. The molecule has 3 nitrogen and oxygen atoms in total. The van der Waals surface area contributed by atoms with Crippen LogP contribution in [0.15, 0.2) is 30.9 Å². The summed E-state index contributed by atoms with van der Waals surface area (Å²) < 4.78 is 11.2. The second-order valence-electron chi connectivity index (χ2n) is 4.28. The smallest absolute Gasteiger partial charge is 0.172 e. The summed E-state index contributed by atoms with van der Waals surface area (Å²) in [6, 6.07) is 5.64. The first-order valence-electron chi connectivity index (χ1n) is 6.68. The Hall–Kier alpha value is -1.77. The third-order valence-corrected chi connectivity index (χ3v) is 2.81. The molecule has 19 heavy (non-hydrogen) atoms. The fourth-order valence-corrected chi connectivity index (χ4v) is 1.79. The molecule has 1 aromatic rings. The third kappa shape index (κ3) is 4.43. The lowest BCUT2D eigenvalue weighted by Crippen LogP contribution is -2.23. The van der Waals surface area contributed by atoms with Gasteiger partial charge in [0.25, 0.3) is 0 Å². The van der Waals surface area contributed by atoms with Crippen molar-refractivity contribution in [2.24, 2.45) is 0 Å². The molecule has 0 amide bonds. The lowest BCUT2D eigenvalue weighted by molar-refractivity contribution is -0.124. The molecular weight excluding hydrogens is 240 g/mol. The van der Waals surface area contributed by atoms with Crippen LogP contribution >= 0.6 is 0 Å². The quantitative estimate of drug-likeness (QED) is 0.672. The van der Waals surface area contributed by atoms with Gasteiger partial charge in [-0.15, -0.1) is 6.58 Å². The van der Waals surface area contributed by atoms with Crippen molar-refractivity contribution >= 4 is 5.78 Å². The van der Waals surface area contributed by atoms with Crippen molar-refractivity contribution in [3.05, 3.63) is 36.4 Å². The third-order valence-electron chi connectivity index (χ3n) is 2.81. The number of rotatable bonds is 8. The number of ketones is 1. The first-order valence-corrected chi connectivity index (χ1v) is 6.68. The van der Waals surface area contributed by atoms with Gasteiger partial charge in [0.15, 0.2) is 11.9 Å². The Morgan fingerprint density at radius 2 is 2.16 bits per heavy atom. The lowest BCUT2D eigenvalue weighted by Gasteiger charge is -2.16. The highest BCUT2D eigenvalue weighted by atomic mass is 16.5. The standard InChI is InChI=1S/C16H22O3/c1-5-8-13-11-14(18-7-3)9-10-16(13)19-12(4)15(17)6-2/h5,9-12H,1,6-8H2,2-4H3. The Balaban J connectivity index is 2.92. The van der Waals surface area contributed by atoms with Gasteiger partial charge in [0.2, 0.25) is 0 Å². The lowest BCUT2D eigenvalue weighted by atomic mass is 10.1. The molecule has 0 aliphatic heterocycles. The van der Waals surface area contributed by atoms with Gasteiger partial charge in [-0.1, -0.05) is 13.0 Å². The monoisotopic (exact) mass is 262 g/mol. The average Bonchev–Trinajstić information content (AvgIpc) is 2.41. The van der Waals surface area contributed by atoms with Gasteiger partial charge in [-0.3, -0.25) is 4.79 Å². The molecule has 3 heteroatoms. The van der Waals surface area contributed by atoms with Gasteiger partial charge in [0.1, 0.15) is 11.5 Å². The SMILES string of the molecule is C=CCc1cc(OCC)ccc1OC(C)C(=O)CC. The molecule has 0 fully saturated rings. The zero-order valence-electron chi connectivity index (χ0n) is 11.9. The first kappa shape index (κ1) is 15.3. The second kappa shape index (κ2) is 7.62. The van der Waals surface area contributed by atoms with E-state index in [9.17, 15) is 4.79 Å². The van der Waals surface area contributed by atoms with Crippen molar-refractivity contribution in [1.29, 1.82) is 0 Å². The zero-order chi connectivity index (χ0) is 14.3. The molecule has 1 unspecified atom stereocenters. The van der Waals surface area contributed by atoms with Gasteiger partial charge in [-0.05, 0) is 38.5 Å². The molecule has 0 radical (unpaired) electrons. The minimum atomic E-state index is -0.425. The van der Waals surface area contributed by atoms with Crippen molar-refractivity contribution in [2.75, 3.05) is 6.61 Å². The van der Waals surface area contributed by atoms with Crippen LogP contribution in [-0.2, 0) is 11.2 Å². The highest BCUT2D eigenvalue weighted by molar-refractivity contribution is 5.82. The topological polar surface area (TPSA) is 35.5 Å². The molecule has 0 N–H and O–H groups in total. The summed E-state index contributed by atoms with van der Waals surface area (Å²) in [5.41, 5.74) is 0.983. The summed E-state index contributed by atoms with van der Waals surface area (Å²) in [5.74, 6) is 1.62. The van der Waals surface area contributed by atoms with Gasteiger partial charge in [0, 0.05) is 12.0 Å². The van der Waals surface area contributed by atoms with Crippen molar-refractivity contribution in [2.45, 2.75) is 39.7 Å². The minimum Gasteiger partial charge on any atom is -0.494 e. The van der Waals surface area contributed by atoms with Crippen molar-refractivity contribution < 1.29 is 14.3 Å². The van der Waals surface area contributed by atoms with E-state index in [0.717, 1.165) is 17.1 Å².